The van der Waals surface area contributed by atoms with Crippen LogP contribution >= 0.6 is 11.3 Å². The molecule has 5 rings (SSSR count). The average Bonchev–Trinajstić information content (AvgIpc) is 3.17. The van der Waals surface area contributed by atoms with Crippen molar-refractivity contribution in [2.75, 3.05) is 13.1 Å². The molecule has 5 heterocycles. The summed E-state index contributed by atoms with van der Waals surface area (Å²) in [5.41, 5.74) is 2.02. The minimum Gasteiger partial charge on any atom is -0.472 e. The van der Waals surface area contributed by atoms with Crippen LogP contribution in [-0.2, 0) is 6.42 Å². The number of Topliss-reactive ketones (excluding diaryl/α,β-unsaturated/α-hetero) is 1. The van der Waals surface area contributed by atoms with Crippen LogP contribution in [0.15, 0.2) is 42.9 Å². The molecule has 1 aliphatic rings. The summed E-state index contributed by atoms with van der Waals surface area (Å²) in [6.45, 7) is 3.51. The minimum atomic E-state index is -0.0325. The highest BCUT2D eigenvalue weighted by molar-refractivity contribution is 7.14. The monoisotopic (exact) mass is 418 g/mol. The lowest BCUT2D eigenvalue weighted by Gasteiger charge is -2.27. The van der Waals surface area contributed by atoms with E-state index >= 15 is 0 Å². The van der Waals surface area contributed by atoms with Gasteiger partial charge in [0.1, 0.15) is 16.8 Å². The van der Waals surface area contributed by atoms with E-state index in [1.807, 2.05) is 19.1 Å². The Bertz CT molecular complexity index is 1240. The molecule has 4 aromatic heterocycles. The lowest BCUT2D eigenvalue weighted by atomic mass is 10.1. The number of aryl methyl sites for hydroxylation is 1. The molecule has 9 heteroatoms. The molecule has 1 saturated heterocycles. The summed E-state index contributed by atoms with van der Waals surface area (Å²) < 4.78 is 5.75. The van der Waals surface area contributed by atoms with Crippen LogP contribution in [0.5, 0.6) is 5.88 Å². The summed E-state index contributed by atoms with van der Waals surface area (Å²) in [7, 11) is 0. The number of ketones is 1. The summed E-state index contributed by atoms with van der Waals surface area (Å²) in [4.78, 5) is 25.9. The van der Waals surface area contributed by atoms with E-state index in [-0.39, 0.29) is 18.3 Å². The maximum Gasteiger partial charge on any atom is 0.214 e. The van der Waals surface area contributed by atoms with Crippen LogP contribution in [0.1, 0.15) is 21.1 Å². The van der Waals surface area contributed by atoms with Gasteiger partial charge in [-0.1, -0.05) is 11.3 Å². The Morgan fingerprint density at radius 1 is 1.13 bits per heavy atom. The van der Waals surface area contributed by atoms with Crippen molar-refractivity contribution >= 4 is 27.9 Å². The second kappa shape index (κ2) is 7.85. The van der Waals surface area contributed by atoms with E-state index in [4.69, 9.17) is 4.74 Å². The molecule has 0 aliphatic carbocycles. The molecule has 0 aromatic carbocycles. The van der Waals surface area contributed by atoms with Gasteiger partial charge in [0.15, 0.2) is 10.8 Å². The van der Waals surface area contributed by atoms with Crippen LogP contribution in [0.25, 0.3) is 21.5 Å². The number of rotatable bonds is 6. The van der Waals surface area contributed by atoms with Gasteiger partial charge in [0.25, 0.3) is 0 Å². The Morgan fingerprint density at radius 2 is 2.00 bits per heavy atom. The van der Waals surface area contributed by atoms with E-state index in [1.54, 1.807) is 30.7 Å². The molecule has 0 unspecified atom stereocenters. The smallest absolute Gasteiger partial charge is 0.214 e. The minimum absolute atomic E-state index is 0.0325. The van der Waals surface area contributed by atoms with Gasteiger partial charge in [-0.25, -0.2) is 4.98 Å². The van der Waals surface area contributed by atoms with Crippen LogP contribution in [-0.4, -0.2) is 50.1 Å². The second-order valence-electron chi connectivity index (χ2n) is 7.10. The maximum atomic E-state index is 12.8. The zero-order chi connectivity index (χ0) is 20.5. The number of aromatic nitrogens is 5. The van der Waals surface area contributed by atoms with Crippen molar-refractivity contribution in [1.29, 1.82) is 0 Å². The fourth-order valence-electron chi connectivity index (χ4n) is 3.13. The predicted molar refractivity (Wildman–Crippen MR) is 113 cm³/mol. The topological polar surface area (TPSA) is 103 Å². The van der Waals surface area contributed by atoms with Crippen LogP contribution in [0.2, 0.25) is 0 Å². The Morgan fingerprint density at radius 3 is 2.77 bits per heavy atom. The first-order valence-corrected chi connectivity index (χ1v) is 10.4. The Hall–Kier alpha value is -3.30. The summed E-state index contributed by atoms with van der Waals surface area (Å²) in [6, 6.07) is 7.28. The van der Waals surface area contributed by atoms with Gasteiger partial charge in [-0.3, -0.25) is 14.8 Å². The lowest BCUT2D eigenvalue weighted by molar-refractivity contribution is 0.0989. The standard InChI is InChI=1S/C21H18N6O2S/c1-12-26-27-21(30-12)18-5-14-4-16(24-8-15(14)9-25-18)7-19(28)13-2-3-23-20(6-13)29-17-10-22-11-17/h2-6,8-9,17,22H,7,10-11H2,1H3. The number of hydrogen-bond acceptors (Lipinski definition) is 9. The van der Waals surface area contributed by atoms with E-state index in [9.17, 15) is 4.79 Å². The third-order valence-electron chi connectivity index (χ3n) is 4.83. The molecule has 1 fully saturated rings. The molecule has 150 valence electrons. The van der Waals surface area contributed by atoms with Gasteiger partial charge in [0.05, 0.1) is 6.42 Å². The van der Waals surface area contributed by atoms with Gasteiger partial charge >= 0.3 is 0 Å². The first-order valence-electron chi connectivity index (χ1n) is 9.56. The van der Waals surface area contributed by atoms with Crippen molar-refractivity contribution in [3.05, 3.63) is 59.1 Å². The van der Waals surface area contributed by atoms with E-state index in [0.717, 1.165) is 39.6 Å². The highest BCUT2D eigenvalue weighted by Crippen LogP contribution is 2.25. The van der Waals surface area contributed by atoms with E-state index in [1.165, 1.54) is 11.3 Å². The molecule has 1 aliphatic heterocycles. The van der Waals surface area contributed by atoms with Gasteiger partial charge in [-0.15, -0.1) is 10.2 Å². The first-order chi connectivity index (χ1) is 14.6. The quantitative estimate of drug-likeness (QED) is 0.477. The zero-order valence-corrected chi connectivity index (χ0v) is 17.0. The number of ether oxygens (including phenoxy) is 1. The van der Waals surface area contributed by atoms with Crippen molar-refractivity contribution in [3.8, 4) is 16.6 Å². The largest absolute Gasteiger partial charge is 0.472 e. The summed E-state index contributed by atoms with van der Waals surface area (Å²) in [5, 5.41) is 14.9. The third-order valence-corrected chi connectivity index (χ3v) is 5.70. The van der Waals surface area contributed by atoms with Crippen LogP contribution < -0.4 is 10.1 Å². The number of hydrogen-bond donors (Lipinski definition) is 1. The number of carbonyl (C=O) groups is 1. The zero-order valence-electron chi connectivity index (χ0n) is 16.2. The molecule has 0 bridgehead atoms. The molecule has 0 atom stereocenters. The molecule has 4 aromatic rings. The van der Waals surface area contributed by atoms with Gasteiger partial charge in [-0.05, 0) is 30.5 Å². The Labute approximate surface area is 176 Å². The van der Waals surface area contributed by atoms with Crippen molar-refractivity contribution in [3.63, 3.8) is 0 Å². The number of fused-ring (bicyclic) bond motifs is 1. The molecule has 1 N–H and O–H groups in total. The fraction of sp³-hybridized carbons (Fsp3) is 0.238. The summed E-state index contributed by atoms with van der Waals surface area (Å²) in [5.74, 6) is 0.441. The number of pyridine rings is 3. The summed E-state index contributed by atoms with van der Waals surface area (Å²) >= 11 is 1.50. The van der Waals surface area contributed by atoms with Crippen LogP contribution in [0.3, 0.4) is 0 Å². The van der Waals surface area contributed by atoms with Crippen LogP contribution in [0, 0.1) is 6.92 Å². The molecule has 30 heavy (non-hydrogen) atoms. The van der Waals surface area contributed by atoms with Gasteiger partial charge in [0, 0.05) is 54.4 Å². The van der Waals surface area contributed by atoms with Crippen molar-refractivity contribution < 1.29 is 9.53 Å². The Kier molecular flexibility index (Phi) is 4.89. The number of nitrogens with one attached hydrogen (secondary N) is 1. The van der Waals surface area contributed by atoms with Crippen LogP contribution in [0.4, 0.5) is 0 Å². The van der Waals surface area contributed by atoms with Gasteiger partial charge < -0.3 is 10.1 Å². The highest BCUT2D eigenvalue weighted by atomic mass is 32.1. The molecule has 8 nitrogen and oxygen atoms in total. The van der Waals surface area contributed by atoms with E-state index in [2.05, 4.69) is 30.5 Å². The van der Waals surface area contributed by atoms with Gasteiger partial charge in [-0.2, -0.15) is 0 Å². The molecular weight excluding hydrogens is 400 g/mol. The molecular formula is C21H18N6O2S. The lowest BCUT2D eigenvalue weighted by Crippen LogP contribution is -2.50. The van der Waals surface area contributed by atoms with E-state index < -0.39 is 0 Å². The molecule has 0 saturated carbocycles. The average molecular weight is 418 g/mol. The van der Waals surface area contributed by atoms with Crippen molar-refractivity contribution in [1.82, 2.24) is 30.5 Å². The van der Waals surface area contributed by atoms with Gasteiger partial charge in [0.2, 0.25) is 5.88 Å². The molecule has 0 radical (unpaired) electrons. The number of nitrogens with zero attached hydrogens (tertiary/aromatic N) is 5. The summed E-state index contributed by atoms with van der Waals surface area (Å²) in [6.07, 6.45) is 5.42. The second-order valence-corrected chi connectivity index (χ2v) is 8.28. The molecule has 0 spiro atoms. The fourth-order valence-corrected chi connectivity index (χ4v) is 3.79. The number of carbonyl (C=O) groups excluding carboxylic acids is 1. The molecule has 0 amide bonds. The van der Waals surface area contributed by atoms with E-state index in [0.29, 0.717) is 17.1 Å². The normalized spacial score (nSPS) is 13.9. The predicted octanol–water partition coefficient (Wildman–Crippen LogP) is 2.63. The van der Waals surface area contributed by atoms with Crippen molar-refractivity contribution in [2.24, 2.45) is 0 Å². The van der Waals surface area contributed by atoms with Crippen molar-refractivity contribution in [2.45, 2.75) is 19.4 Å². The maximum absolute atomic E-state index is 12.8. The third kappa shape index (κ3) is 3.89. The SMILES string of the molecule is Cc1nnc(-c2cc3cc(CC(=O)c4ccnc(OC5CNC5)c4)ncc3cn2)s1. The first kappa shape index (κ1) is 18.7. The highest BCUT2D eigenvalue weighted by Gasteiger charge is 2.19. The Balaban J connectivity index is 1.36.